The summed E-state index contributed by atoms with van der Waals surface area (Å²) in [4.78, 5) is 12.2. The number of amides is 1. The van der Waals surface area contributed by atoms with Crippen LogP contribution in [0.25, 0.3) is 0 Å². The van der Waals surface area contributed by atoms with Crippen LogP contribution >= 0.6 is 38.5 Å². The number of hydrogen-bond donors (Lipinski definition) is 1. The summed E-state index contributed by atoms with van der Waals surface area (Å²) >= 11 is 5.43. The van der Waals surface area contributed by atoms with Crippen LogP contribution < -0.4 is 5.32 Å². The highest BCUT2D eigenvalue weighted by Crippen LogP contribution is 2.21. The van der Waals surface area contributed by atoms with E-state index in [0.717, 1.165) is 13.6 Å². The fourth-order valence-corrected chi connectivity index (χ4v) is 2.53. The fraction of sp³-hybridized carbons (Fsp3) is 0.0714. The van der Waals surface area contributed by atoms with Gasteiger partial charge in [0.25, 0.3) is 5.91 Å². The maximum Gasteiger partial charge on any atom is 0.256 e. The molecule has 2 aromatic rings. The van der Waals surface area contributed by atoms with E-state index < -0.39 is 0 Å². The summed E-state index contributed by atoms with van der Waals surface area (Å²) < 4.78 is 14.9. The van der Waals surface area contributed by atoms with Gasteiger partial charge in [0, 0.05) is 13.7 Å². The lowest BCUT2D eigenvalue weighted by Crippen LogP contribution is -2.14. The highest BCUT2D eigenvalue weighted by molar-refractivity contribution is 14.1. The number of rotatable bonds is 2. The molecular weight excluding hydrogens is 424 g/mol. The minimum atomic E-state index is -0.371. The van der Waals surface area contributed by atoms with Gasteiger partial charge in [-0.2, -0.15) is 0 Å². The Bertz CT molecular complexity index is 645. The molecule has 0 spiro atoms. The SMILES string of the molecule is Cc1ccc(F)cc1NC(=O)c1cc(Br)ccc1I. The molecule has 0 saturated carbocycles. The minimum Gasteiger partial charge on any atom is -0.322 e. The zero-order valence-electron chi connectivity index (χ0n) is 10.0. The lowest BCUT2D eigenvalue weighted by atomic mass is 10.1. The quantitative estimate of drug-likeness (QED) is 0.680. The molecule has 0 radical (unpaired) electrons. The molecule has 2 aromatic carbocycles. The van der Waals surface area contributed by atoms with Crippen LogP contribution in [0.1, 0.15) is 15.9 Å². The summed E-state index contributed by atoms with van der Waals surface area (Å²) in [6.07, 6.45) is 0. The van der Waals surface area contributed by atoms with E-state index in [4.69, 9.17) is 0 Å². The fourth-order valence-electron chi connectivity index (χ4n) is 1.59. The van der Waals surface area contributed by atoms with Crippen LogP contribution in [-0.4, -0.2) is 5.91 Å². The van der Waals surface area contributed by atoms with Gasteiger partial charge in [-0.05, 0) is 65.4 Å². The zero-order chi connectivity index (χ0) is 14.0. The number of carbonyl (C=O) groups is 1. The third-order valence-electron chi connectivity index (χ3n) is 2.62. The molecule has 0 heterocycles. The van der Waals surface area contributed by atoms with Crippen molar-refractivity contribution < 1.29 is 9.18 Å². The molecule has 0 aliphatic carbocycles. The van der Waals surface area contributed by atoms with Gasteiger partial charge in [-0.1, -0.05) is 22.0 Å². The molecule has 0 unspecified atom stereocenters. The van der Waals surface area contributed by atoms with Crippen LogP contribution in [0.4, 0.5) is 10.1 Å². The van der Waals surface area contributed by atoms with E-state index in [1.165, 1.54) is 12.1 Å². The van der Waals surface area contributed by atoms with E-state index in [-0.39, 0.29) is 11.7 Å². The van der Waals surface area contributed by atoms with Crippen molar-refractivity contribution in [2.75, 3.05) is 5.32 Å². The van der Waals surface area contributed by atoms with Crippen LogP contribution in [0.3, 0.4) is 0 Å². The molecule has 0 aliphatic heterocycles. The van der Waals surface area contributed by atoms with Crippen molar-refractivity contribution in [1.29, 1.82) is 0 Å². The van der Waals surface area contributed by atoms with Gasteiger partial charge in [0.1, 0.15) is 5.82 Å². The molecule has 0 fully saturated rings. The number of carbonyl (C=O) groups excluding carboxylic acids is 1. The molecule has 1 N–H and O–H groups in total. The second-order valence-corrected chi connectivity index (χ2v) is 6.12. The molecule has 2 nitrogen and oxygen atoms in total. The van der Waals surface area contributed by atoms with Crippen LogP contribution in [-0.2, 0) is 0 Å². The van der Waals surface area contributed by atoms with Crippen LogP contribution in [0.5, 0.6) is 0 Å². The first kappa shape index (κ1) is 14.5. The molecule has 5 heteroatoms. The van der Waals surface area contributed by atoms with Crippen LogP contribution in [0, 0.1) is 16.3 Å². The summed E-state index contributed by atoms with van der Waals surface area (Å²) in [5.41, 5.74) is 1.86. The van der Waals surface area contributed by atoms with Crippen molar-refractivity contribution in [1.82, 2.24) is 0 Å². The third-order valence-corrected chi connectivity index (χ3v) is 4.05. The molecule has 0 aromatic heterocycles. The molecule has 0 aliphatic rings. The molecule has 1 amide bonds. The van der Waals surface area contributed by atoms with Gasteiger partial charge in [-0.25, -0.2) is 4.39 Å². The van der Waals surface area contributed by atoms with Crippen molar-refractivity contribution >= 4 is 50.1 Å². The number of hydrogen-bond acceptors (Lipinski definition) is 1. The molecule has 0 saturated heterocycles. The Morgan fingerprint density at radius 3 is 2.74 bits per heavy atom. The van der Waals surface area contributed by atoms with E-state index in [1.54, 1.807) is 12.1 Å². The Kier molecular flexibility index (Phi) is 4.57. The Morgan fingerprint density at radius 2 is 2.00 bits per heavy atom. The summed E-state index contributed by atoms with van der Waals surface area (Å²) in [6, 6.07) is 9.78. The average molecular weight is 434 g/mol. The van der Waals surface area contributed by atoms with Crippen LogP contribution in [0.2, 0.25) is 0 Å². The van der Waals surface area contributed by atoms with E-state index in [9.17, 15) is 9.18 Å². The van der Waals surface area contributed by atoms with Gasteiger partial charge in [0.2, 0.25) is 0 Å². The van der Waals surface area contributed by atoms with Gasteiger partial charge in [-0.3, -0.25) is 4.79 Å². The summed E-state index contributed by atoms with van der Waals surface area (Å²) in [7, 11) is 0. The smallest absolute Gasteiger partial charge is 0.256 e. The number of anilines is 1. The zero-order valence-corrected chi connectivity index (χ0v) is 13.7. The van der Waals surface area contributed by atoms with Gasteiger partial charge in [-0.15, -0.1) is 0 Å². The molecule has 19 heavy (non-hydrogen) atoms. The highest BCUT2D eigenvalue weighted by atomic mass is 127. The maximum absolute atomic E-state index is 13.2. The largest absolute Gasteiger partial charge is 0.322 e. The summed E-state index contributed by atoms with van der Waals surface area (Å²) in [5, 5.41) is 2.73. The average Bonchev–Trinajstić information content (AvgIpc) is 2.36. The normalized spacial score (nSPS) is 10.3. The number of halogens is 3. The van der Waals surface area contributed by atoms with Crippen molar-refractivity contribution in [3.05, 3.63) is 61.4 Å². The van der Waals surface area contributed by atoms with Crippen LogP contribution in [0.15, 0.2) is 40.9 Å². The minimum absolute atomic E-state index is 0.251. The molecule has 2 rings (SSSR count). The lowest BCUT2D eigenvalue weighted by Gasteiger charge is -2.10. The highest BCUT2D eigenvalue weighted by Gasteiger charge is 2.12. The molecule has 0 bridgehead atoms. The first-order chi connectivity index (χ1) is 8.97. The predicted molar refractivity (Wildman–Crippen MR) is 85.9 cm³/mol. The number of aryl methyl sites for hydroxylation is 1. The number of benzene rings is 2. The number of nitrogens with one attached hydrogen (secondary N) is 1. The van der Waals surface area contributed by atoms with Gasteiger partial charge in [0.05, 0.1) is 5.56 Å². The molecule has 98 valence electrons. The Labute approximate surface area is 132 Å². The first-order valence-corrected chi connectivity index (χ1v) is 7.37. The topological polar surface area (TPSA) is 29.1 Å². The van der Waals surface area contributed by atoms with E-state index >= 15 is 0 Å². The van der Waals surface area contributed by atoms with Gasteiger partial charge in [0.15, 0.2) is 0 Å². The van der Waals surface area contributed by atoms with Gasteiger partial charge >= 0.3 is 0 Å². The van der Waals surface area contributed by atoms with Gasteiger partial charge < -0.3 is 5.32 Å². The molecular formula is C14H10BrFINO. The van der Waals surface area contributed by atoms with Crippen molar-refractivity contribution in [2.24, 2.45) is 0 Å². The van der Waals surface area contributed by atoms with E-state index in [0.29, 0.717) is 11.3 Å². The standard InChI is InChI=1S/C14H10BrFINO/c1-8-2-4-10(16)7-13(8)18-14(19)11-6-9(15)3-5-12(11)17/h2-7H,1H3,(H,18,19). The Hall–Kier alpha value is -0.950. The van der Waals surface area contributed by atoms with Crippen molar-refractivity contribution in [2.45, 2.75) is 6.92 Å². The Balaban J connectivity index is 2.30. The first-order valence-electron chi connectivity index (χ1n) is 5.50. The Morgan fingerprint density at radius 1 is 1.26 bits per heavy atom. The predicted octanol–water partition coefficient (Wildman–Crippen LogP) is 4.75. The second kappa shape index (κ2) is 6.00. The van der Waals surface area contributed by atoms with Crippen molar-refractivity contribution in [3.8, 4) is 0 Å². The monoisotopic (exact) mass is 433 g/mol. The summed E-state index contributed by atoms with van der Waals surface area (Å²) in [5.74, 6) is -0.621. The maximum atomic E-state index is 13.2. The van der Waals surface area contributed by atoms with Crippen molar-refractivity contribution in [3.63, 3.8) is 0 Å². The van der Waals surface area contributed by atoms with E-state index in [1.807, 2.05) is 19.1 Å². The third kappa shape index (κ3) is 3.54. The second-order valence-electron chi connectivity index (χ2n) is 4.04. The summed E-state index contributed by atoms with van der Waals surface area (Å²) in [6.45, 7) is 1.82. The lowest BCUT2D eigenvalue weighted by molar-refractivity contribution is 0.102. The molecule has 0 atom stereocenters. The van der Waals surface area contributed by atoms with E-state index in [2.05, 4.69) is 43.8 Å².